The van der Waals surface area contributed by atoms with Crippen molar-refractivity contribution in [1.82, 2.24) is 87.8 Å². The average molecular weight is 1410 g/mol. The van der Waals surface area contributed by atoms with Gasteiger partial charge in [0.25, 0.3) is 0 Å². The topological polar surface area (TPSA) is 286 Å². The molecule has 0 radical (unpaired) electrons. The van der Waals surface area contributed by atoms with Crippen LogP contribution in [0.2, 0.25) is 0 Å². The summed E-state index contributed by atoms with van der Waals surface area (Å²) in [6.45, 7) is 8.17. The quantitative estimate of drug-likeness (QED) is 0.0927. The van der Waals surface area contributed by atoms with Crippen LogP contribution in [0.25, 0.3) is 83.3 Å². The number of nitriles is 3. The van der Waals surface area contributed by atoms with Crippen molar-refractivity contribution in [2.75, 3.05) is 93.2 Å². The Morgan fingerprint density at radius 1 is 0.406 bits per heavy atom. The fraction of sp³-hybridized carbons (Fsp3) is 0.278. The van der Waals surface area contributed by atoms with E-state index in [9.17, 15) is 30.2 Å². The molecule has 106 heavy (non-hydrogen) atoms. The van der Waals surface area contributed by atoms with E-state index in [1.54, 1.807) is 63.5 Å². The molecular weight excluding hydrogens is 1330 g/mol. The lowest BCUT2D eigenvalue weighted by Crippen LogP contribution is -2.49. The van der Waals surface area contributed by atoms with Crippen LogP contribution in [0.5, 0.6) is 0 Å². The summed E-state index contributed by atoms with van der Waals surface area (Å²) in [7, 11) is 5.63. The van der Waals surface area contributed by atoms with Crippen molar-refractivity contribution >= 4 is 51.7 Å². The Morgan fingerprint density at radius 2 is 0.755 bits per heavy atom. The highest BCUT2D eigenvalue weighted by atomic mass is 16.2. The number of piperazine rings is 3. The normalized spacial score (nSPS) is 14.6. The van der Waals surface area contributed by atoms with Gasteiger partial charge in [0.1, 0.15) is 35.7 Å². The Labute approximate surface area is 611 Å². The van der Waals surface area contributed by atoms with Crippen LogP contribution in [-0.4, -0.2) is 184 Å². The van der Waals surface area contributed by atoms with Gasteiger partial charge in [-0.1, -0.05) is 11.8 Å². The summed E-state index contributed by atoms with van der Waals surface area (Å²) in [4.78, 5) is 63.2. The number of carbonyl (C=O) groups is 3. The van der Waals surface area contributed by atoms with E-state index < -0.39 is 0 Å². The van der Waals surface area contributed by atoms with Crippen molar-refractivity contribution in [1.29, 1.82) is 15.8 Å². The molecule has 0 N–H and O–H groups in total. The van der Waals surface area contributed by atoms with Crippen LogP contribution in [0, 0.1) is 76.4 Å². The predicted octanol–water partition coefficient (Wildman–Crippen LogP) is 8.19. The van der Waals surface area contributed by atoms with Gasteiger partial charge in [-0.15, -0.1) is 25.2 Å². The molecule has 0 aromatic carbocycles. The summed E-state index contributed by atoms with van der Waals surface area (Å²) in [6, 6.07) is 24.9. The number of hydrogen-bond donors (Lipinski definition) is 0. The fourth-order valence-corrected chi connectivity index (χ4v) is 13.7. The van der Waals surface area contributed by atoms with Crippen LogP contribution in [0.4, 0.5) is 17.5 Å². The minimum Gasteiger partial charge on any atom is -0.353 e. The van der Waals surface area contributed by atoms with Crippen molar-refractivity contribution in [2.45, 2.75) is 38.5 Å². The molecule has 27 nitrogen and oxygen atoms in total. The lowest BCUT2D eigenvalue weighted by atomic mass is 10.0. The molecule has 1 saturated carbocycles. The highest BCUT2D eigenvalue weighted by Crippen LogP contribution is 2.48. The maximum Gasteiger partial charge on any atom is 0.234 e. The highest BCUT2D eigenvalue weighted by molar-refractivity contribution is 5.91. The molecule has 0 bridgehead atoms. The van der Waals surface area contributed by atoms with E-state index in [-0.39, 0.29) is 29.6 Å². The second kappa shape index (κ2) is 30.0. The minimum atomic E-state index is -0.188. The minimum absolute atomic E-state index is 0.00271. The number of pyridine rings is 6. The molecule has 27 heteroatoms. The van der Waals surface area contributed by atoms with Gasteiger partial charge in [-0.3, -0.25) is 28.4 Å². The first kappa shape index (κ1) is 69.2. The zero-order valence-corrected chi connectivity index (χ0v) is 58.8. The van der Waals surface area contributed by atoms with Crippen LogP contribution < -0.4 is 14.7 Å². The fourth-order valence-electron chi connectivity index (χ4n) is 13.7. The molecule has 16 rings (SSSR count). The van der Waals surface area contributed by atoms with Crippen LogP contribution in [-0.2, 0) is 35.5 Å². The Kier molecular flexibility index (Phi) is 19.6. The van der Waals surface area contributed by atoms with Crippen molar-refractivity contribution in [2.24, 2.45) is 26.6 Å². The monoisotopic (exact) mass is 1400 g/mol. The number of aryl methyl sites for hydroxylation is 3. The summed E-state index contributed by atoms with van der Waals surface area (Å²) in [5.74, 6) is 10.6. The van der Waals surface area contributed by atoms with Gasteiger partial charge < -0.3 is 29.4 Å². The van der Waals surface area contributed by atoms with Gasteiger partial charge in [-0.2, -0.15) is 46.4 Å². The number of aromatic nitrogens is 15. The number of rotatable bonds is 14. The summed E-state index contributed by atoms with van der Waals surface area (Å²) in [5.41, 5.74) is 14.6. The Morgan fingerprint density at radius 3 is 1.04 bits per heavy atom. The van der Waals surface area contributed by atoms with Gasteiger partial charge in [0.15, 0.2) is 0 Å². The molecule has 12 aromatic heterocycles. The summed E-state index contributed by atoms with van der Waals surface area (Å²) in [5, 5.41) is 54.9. The van der Waals surface area contributed by atoms with Crippen molar-refractivity contribution in [3.63, 3.8) is 0 Å². The number of terminal acetylenes is 3. The molecule has 4 aliphatic rings. The summed E-state index contributed by atoms with van der Waals surface area (Å²) in [6.07, 6.45) is 46.7. The van der Waals surface area contributed by atoms with E-state index in [4.69, 9.17) is 34.2 Å². The smallest absolute Gasteiger partial charge is 0.234 e. The number of fused-ring (bicyclic) bond motifs is 3. The second-order valence-corrected chi connectivity index (χ2v) is 26.5. The van der Waals surface area contributed by atoms with E-state index in [0.29, 0.717) is 88.3 Å². The SMILES string of the molecule is C#CC1(CC(=O)N2CCN(c3ccc(-c4cc(-c5cnn(C)c5)cn5ncc(C#N)c45)cn3)CC2)CC1.C#CCC(=O)N1CCN(c2ccc(-c3cc(-c4cnn(C)c4)cn4ncc(C#N)c34)cn2)CC1.C#CCCC(=O)N1CCN(c2ccc(-c3cc(-c4cnn(C)c4)cn4ncc(C#N)c34)cn2)CC1. The van der Waals surface area contributed by atoms with Crippen LogP contribution >= 0.6 is 0 Å². The highest BCUT2D eigenvalue weighted by Gasteiger charge is 2.44. The second-order valence-electron chi connectivity index (χ2n) is 26.5. The van der Waals surface area contributed by atoms with E-state index >= 15 is 0 Å². The Hall–Kier alpha value is -13.9. The first-order chi connectivity index (χ1) is 51.6. The number of hydrogen-bond acceptors (Lipinski definition) is 18. The average Bonchev–Trinajstić information content (AvgIpc) is 1.64. The Bertz CT molecular complexity index is 5570. The van der Waals surface area contributed by atoms with Gasteiger partial charge in [-0.05, 0) is 67.4 Å². The van der Waals surface area contributed by atoms with Crippen molar-refractivity contribution < 1.29 is 14.4 Å². The molecule has 0 spiro atoms. The van der Waals surface area contributed by atoms with Gasteiger partial charge in [-0.25, -0.2) is 28.5 Å². The van der Waals surface area contributed by atoms with E-state index in [2.05, 4.69) is 87.3 Å². The van der Waals surface area contributed by atoms with Gasteiger partial charge in [0, 0.05) is 247 Å². The van der Waals surface area contributed by atoms with Crippen molar-refractivity contribution in [3.05, 3.63) is 164 Å². The van der Waals surface area contributed by atoms with Gasteiger partial charge in [0.2, 0.25) is 17.7 Å². The number of carbonyl (C=O) groups excluding carboxylic acids is 3. The molecule has 15 heterocycles. The summed E-state index contributed by atoms with van der Waals surface area (Å²) < 4.78 is 10.5. The van der Waals surface area contributed by atoms with Gasteiger partial charge >= 0.3 is 0 Å². The lowest BCUT2D eigenvalue weighted by molar-refractivity contribution is -0.132. The molecule has 3 amide bonds. The Balaban J connectivity index is 0.000000134. The maximum atomic E-state index is 12.7. The molecule has 12 aromatic rings. The molecule has 4 fully saturated rings. The third-order valence-corrected chi connectivity index (χ3v) is 19.7. The third kappa shape index (κ3) is 14.5. The third-order valence-electron chi connectivity index (χ3n) is 19.7. The lowest BCUT2D eigenvalue weighted by Gasteiger charge is -2.36. The van der Waals surface area contributed by atoms with Crippen LogP contribution in [0.15, 0.2) is 148 Å². The summed E-state index contributed by atoms with van der Waals surface area (Å²) >= 11 is 0. The maximum absolute atomic E-state index is 12.7. The molecular formula is C79H72N24O3. The molecule has 3 saturated heterocycles. The predicted molar refractivity (Wildman–Crippen MR) is 399 cm³/mol. The largest absolute Gasteiger partial charge is 0.353 e. The van der Waals surface area contributed by atoms with Crippen molar-refractivity contribution in [3.8, 4) is 122 Å². The van der Waals surface area contributed by atoms with E-state index in [1.807, 2.05) is 141 Å². The zero-order chi connectivity index (χ0) is 73.6. The van der Waals surface area contributed by atoms with E-state index in [1.165, 1.54) is 0 Å². The molecule has 1 aliphatic carbocycles. The number of amides is 3. The first-order valence-electron chi connectivity index (χ1n) is 34.7. The van der Waals surface area contributed by atoms with Crippen LogP contribution in [0.3, 0.4) is 0 Å². The van der Waals surface area contributed by atoms with Gasteiger partial charge in [0.05, 0.1) is 76.8 Å². The standard InChI is InChI=1S/C28H26N8O.C26H24N8O.C25H22N8O/c1-3-28(6-7-28)13-26(37)35-10-8-34(9-11-35)25-5-4-20(15-30-25)24-12-21(23-17-31-33(2)18-23)19-36-27(24)22(14-29)16-32-36;1-3-4-5-25(35)33-10-8-32(9-11-33)24-7-6-19(14-28-24)23-12-20(22-16-29-31(2)17-22)18-34-26(23)21(13-27)15-30-34;1-3-4-24(34)32-9-7-31(8-10-32)23-6-5-18(13-27-23)22-11-19(21-15-28-30(2)16-21)17-33-25(22)20(12-26)14-29-33/h1,4-5,12,15-19H,6-11,13H2,2H3;1,6-7,12,14-18H,4-5,8-11H2,2H3;1,5-6,11,13-17H,4,7-10H2,2H3. The molecule has 0 unspecified atom stereocenters. The first-order valence-corrected chi connectivity index (χ1v) is 34.7. The number of nitrogens with zero attached hydrogens (tertiary/aromatic N) is 24. The van der Waals surface area contributed by atoms with Crippen LogP contribution in [0.1, 0.15) is 55.2 Å². The van der Waals surface area contributed by atoms with E-state index in [0.717, 1.165) is 140 Å². The zero-order valence-electron chi connectivity index (χ0n) is 58.8. The molecule has 0 atom stereocenters. The molecule has 3 aliphatic heterocycles. The molecule has 526 valence electrons. The number of anilines is 3.